The highest BCUT2D eigenvalue weighted by Crippen LogP contribution is 2.27. The molecule has 2 aromatic rings. The Morgan fingerprint density at radius 2 is 1.91 bits per heavy atom. The first-order chi connectivity index (χ1) is 10.6. The Morgan fingerprint density at radius 1 is 1.23 bits per heavy atom. The summed E-state index contributed by atoms with van der Waals surface area (Å²) in [5.74, 6) is 0.235. The van der Waals surface area contributed by atoms with E-state index in [4.69, 9.17) is 0 Å². The van der Waals surface area contributed by atoms with Gasteiger partial charge in [-0.15, -0.1) is 10.2 Å². The number of rotatable bonds is 6. The van der Waals surface area contributed by atoms with Gasteiger partial charge in [0.2, 0.25) is 11.0 Å². The number of hydrogen-bond acceptors (Lipinski definition) is 4. The van der Waals surface area contributed by atoms with Gasteiger partial charge in [0, 0.05) is 12.0 Å². The van der Waals surface area contributed by atoms with Crippen molar-refractivity contribution in [3.63, 3.8) is 0 Å². The van der Waals surface area contributed by atoms with Crippen LogP contribution in [-0.4, -0.2) is 16.1 Å². The molecule has 0 aliphatic carbocycles. The number of nitrogens with one attached hydrogen (secondary N) is 1. The van der Waals surface area contributed by atoms with Crippen molar-refractivity contribution < 1.29 is 4.79 Å². The smallest absolute Gasteiger partial charge is 0.250 e. The van der Waals surface area contributed by atoms with E-state index in [1.165, 1.54) is 23.0 Å². The van der Waals surface area contributed by atoms with E-state index in [0.717, 1.165) is 23.4 Å². The quantitative estimate of drug-likeness (QED) is 0.804. The molecule has 0 aliphatic rings. The number of nitrogens with zero attached hydrogens (tertiary/aromatic N) is 2. The number of amides is 1. The van der Waals surface area contributed by atoms with E-state index in [-0.39, 0.29) is 5.91 Å². The number of anilines is 1. The van der Waals surface area contributed by atoms with E-state index >= 15 is 0 Å². The van der Waals surface area contributed by atoms with Crippen LogP contribution in [-0.2, 0) is 4.79 Å². The lowest BCUT2D eigenvalue weighted by atomic mass is 10.1. The van der Waals surface area contributed by atoms with Gasteiger partial charge in [0.1, 0.15) is 5.01 Å². The molecular formula is C17H21N3OS. The molecule has 1 N–H and O–H groups in total. The highest BCUT2D eigenvalue weighted by Gasteiger charge is 2.13. The largest absolute Gasteiger partial charge is 0.297 e. The second kappa shape index (κ2) is 7.84. The minimum absolute atomic E-state index is 0.187. The fourth-order valence-electron chi connectivity index (χ4n) is 2.08. The molecule has 0 atom stereocenters. The predicted octanol–water partition coefficient (Wildman–Crippen LogP) is 4.40. The molecule has 1 aromatic heterocycles. The topological polar surface area (TPSA) is 54.9 Å². The summed E-state index contributed by atoms with van der Waals surface area (Å²) in [7, 11) is 0. The van der Waals surface area contributed by atoms with Gasteiger partial charge in [-0.1, -0.05) is 55.0 Å². The number of hydrogen-bond donors (Lipinski definition) is 1. The molecule has 0 aliphatic heterocycles. The van der Waals surface area contributed by atoms with Crippen molar-refractivity contribution in [3.05, 3.63) is 46.5 Å². The van der Waals surface area contributed by atoms with Crippen LogP contribution in [0.25, 0.3) is 6.08 Å². The van der Waals surface area contributed by atoms with Crippen LogP contribution in [0.1, 0.15) is 48.7 Å². The van der Waals surface area contributed by atoms with Crippen LogP contribution in [0.4, 0.5) is 5.13 Å². The molecular weight excluding hydrogens is 294 g/mol. The molecule has 0 spiro atoms. The van der Waals surface area contributed by atoms with Crippen LogP contribution in [0, 0.1) is 6.92 Å². The summed E-state index contributed by atoms with van der Waals surface area (Å²) < 4.78 is 0. The SMILES string of the molecule is CCC(CC)c1nnc(NC(=O)C=Cc2ccc(C)cc2)s1. The normalized spacial score (nSPS) is 11.3. The third-order valence-electron chi connectivity index (χ3n) is 3.51. The zero-order valence-electron chi connectivity index (χ0n) is 13.2. The Balaban J connectivity index is 1.96. The van der Waals surface area contributed by atoms with E-state index in [1.807, 2.05) is 31.2 Å². The molecule has 0 fully saturated rings. The third-order valence-corrected chi connectivity index (χ3v) is 4.51. The summed E-state index contributed by atoms with van der Waals surface area (Å²) in [6.07, 6.45) is 5.37. The van der Waals surface area contributed by atoms with Crippen molar-refractivity contribution in [1.29, 1.82) is 0 Å². The van der Waals surface area contributed by atoms with E-state index in [1.54, 1.807) is 6.08 Å². The van der Waals surface area contributed by atoms with Crippen molar-refractivity contribution >= 4 is 28.5 Å². The molecule has 0 unspecified atom stereocenters. The van der Waals surface area contributed by atoms with Gasteiger partial charge in [0.25, 0.3) is 0 Å². The molecule has 2 rings (SSSR count). The lowest BCUT2D eigenvalue weighted by molar-refractivity contribution is -0.111. The van der Waals surface area contributed by atoms with Crippen LogP contribution < -0.4 is 5.32 Å². The maximum Gasteiger partial charge on any atom is 0.250 e. The second-order valence-corrected chi connectivity index (χ2v) is 6.20. The highest BCUT2D eigenvalue weighted by atomic mass is 32.1. The maximum absolute atomic E-state index is 11.9. The molecule has 0 saturated heterocycles. The third kappa shape index (κ3) is 4.49. The number of carbonyl (C=O) groups is 1. The van der Waals surface area contributed by atoms with Crippen LogP contribution in [0.15, 0.2) is 30.3 Å². The summed E-state index contributed by atoms with van der Waals surface area (Å²) >= 11 is 1.45. The van der Waals surface area contributed by atoms with Gasteiger partial charge < -0.3 is 0 Å². The monoisotopic (exact) mass is 315 g/mol. The first kappa shape index (κ1) is 16.4. The molecule has 0 bridgehead atoms. The molecule has 1 amide bonds. The Labute approximate surface area is 135 Å². The van der Waals surface area contributed by atoms with Gasteiger partial charge in [-0.25, -0.2) is 0 Å². The minimum Gasteiger partial charge on any atom is -0.297 e. The average molecular weight is 315 g/mol. The maximum atomic E-state index is 11.9. The number of carbonyl (C=O) groups excluding carboxylic acids is 1. The standard InChI is InChI=1S/C17H21N3OS/c1-4-14(5-2)16-19-20-17(22-16)18-15(21)11-10-13-8-6-12(3)7-9-13/h6-11,14H,4-5H2,1-3H3,(H,18,20,21). The van der Waals surface area contributed by atoms with Gasteiger partial charge in [-0.3, -0.25) is 10.1 Å². The fourth-order valence-corrected chi connectivity index (χ4v) is 3.10. The fraction of sp³-hybridized carbons (Fsp3) is 0.353. The van der Waals surface area contributed by atoms with Crippen molar-refractivity contribution in [2.45, 2.75) is 39.5 Å². The zero-order valence-corrected chi connectivity index (χ0v) is 14.0. The Morgan fingerprint density at radius 3 is 2.55 bits per heavy atom. The lowest BCUT2D eigenvalue weighted by Crippen LogP contribution is -2.07. The molecule has 4 nitrogen and oxygen atoms in total. The Kier molecular flexibility index (Phi) is 5.83. The van der Waals surface area contributed by atoms with Crippen LogP contribution in [0.3, 0.4) is 0 Å². The number of benzene rings is 1. The average Bonchev–Trinajstić information content (AvgIpc) is 2.96. The van der Waals surface area contributed by atoms with Crippen LogP contribution in [0.2, 0.25) is 0 Å². The summed E-state index contributed by atoms with van der Waals surface area (Å²) in [4.78, 5) is 11.9. The molecule has 5 heteroatoms. The van der Waals surface area contributed by atoms with Crippen molar-refractivity contribution in [2.75, 3.05) is 5.32 Å². The zero-order chi connectivity index (χ0) is 15.9. The van der Waals surface area contributed by atoms with Gasteiger partial charge >= 0.3 is 0 Å². The predicted molar refractivity (Wildman–Crippen MR) is 92.1 cm³/mol. The van der Waals surface area contributed by atoms with Crippen molar-refractivity contribution in [1.82, 2.24) is 10.2 Å². The first-order valence-electron chi connectivity index (χ1n) is 7.51. The molecule has 0 saturated carbocycles. The molecule has 22 heavy (non-hydrogen) atoms. The number of aromatic nitrogens is 2. The summed E-state index contributed by atoms with van der Waals surface area (Å²) in [5, 5.41) is 12.5. The second-order valence-electron chi connectivity index (χ2n) is 5.19. The van der Waals surface area contributed by atoms with E-state index in [9.17, 15) is 4.79 Å². The van der Waals surface area contributed by atoms with Crippen LogP contribution in [0.5, 0.6) is 0 Å². The summed E-state index contributed by atoms with van der Waals surface area (Å²) in [6.45, 7) is 6.31. The first-order valence-corrected chi connectivity index (χ1v) is 8.33. The van der Waals surface area contributed by atoms with Crippen LogP contribution >= 0.6 is 11.3 Å². The molecule has 116 valence electrons. The Hall–Kier alpha value is -2.01. The summed E-state index contributed by atoms with van der Waals surface area (Å²) in [5.41, 5.74) is 2.19. The molecule has 0 radical (unpaired) electrons. The highest BCUT2D eigenvalue weighted by molar-refractivity contribution is 7.15. The van der Waals surface area contributed by atoms with E-state index in [2.05, 4.69) is 29.4 Å². The van der Waals surface area contributed by atoms with E-state index < -0.39 is 0 Å². The Bertz CT molecular complexity index is 642. The van der Waals surface area contributed by atoms with Gasteiger partial charge in [-0.2, -0.15) is 0 Å². The van der Waals surface area contributed by atoms with Gasteiger partial charge in [-0.05, 0) is 31.4 Å². The lowest BCUT2D eigenvalue weighted by Gasteiger charge is -2.05. The molecule has 1 aromatic carbocycles. The van der Waals surface area contributed by atoms with Crippen molar-refractivity contribution in [2.24, 2.45) is 0 Å². The van der Waals surface area contributed by atoms with Gasteiger partial charge in [0.05, 0.1) is 0 Å². The molecule has 1 heterocycles. The van der Waals surface area contributed by atoms with Gasteiger partial charge in [0.15, 0.2) is 0 Å². The number of aryl methyl sites for hydroxylation is 1. The summed E-state index contributed by atoms with van der Waals surface area (Å²) in [6, 6.07) is 8.00. The van der Waals surface area contributed by atoms with E-state index in [0.29, 0.717) is 11.0 Å². The minimum atomic E-state index is -0.187. The van der Waals surface area contributed by atoms with Crippen molar-refractivity contribution in [3.8, 4) is 0 Å².